The second-order valence-electron chi connectivity index (χ2n) is 13.0. The first-order chi connectivity index (χ1) is 23.3. The van der Waals surface area contributed by atoms with Crippen molar-refractivity contribution in [1.29, 1.82) is 0 Å². The summed E-state index contributed by atoms with van der Waals surface area (Å²) in [4.78, 5) is 35.7. The molecule has 3 N–H and O–H groups in total. The van der Waals surface area contributed by atoms with Gasteiger partial charge < -0.3 is 25.4 Å². The Morgan fingerprint density at radius 2 is 1.80 bits per heavy atom. The minimum absolute atomic E-state index is 0.0285. The fourth-order valence-corrected chi connectivity index (χ4v) is 8.21. The van der Waals surface area contributed by atoms with Crippen LogP contribution in [-0.2, 0) is 27.8 Å². The van der Waals surface area contributed by atoms with E-state index in [-0.39, 0.29) is 42.3 Å². The number of aliphatic hydroxyl groups is 1. The van der Waals surface area contributed by atoms with Crippen LogP contribution in [0, 0.1) is 18.8 Å². The number of urea groups is 1. The normalized spacial score (nSPS) is 16.4. The molecule has 266 valence electrons. The molecular formula is C35H48N6O6S2. The summed E-state index contributed by atoms with van der Waals surface area (Å²) in [6.45, 7) is 10.7. The van der Waals surface area contributed by atoms with Crippen molar-refractivity contribution in [3.8, 4) is 0 Å². The highest BCUT2D eigenvalue weighted by atomic mass is 32.2. The quantitative estimate of drug-likeness (QED) is 0.107. The molecule has 1 aliphatic rings. The van der Waals surface area contributed by atoms with Crippen molar-refractivity contribution in [3.05, 3.63) is 81.8 Å². The zero-order valence-electron chi connectivity index (χ0n) is 28.8. The maximum absolute atomic E-state index is 14.2. The van der Waals surface area contributed by atoms with Gasteiger partial charge in [0.2, 0.25) is 15.9 Å². The van der Waals surface area contributed by atoms with Crippen LogP contribution in [0.4, 0.5) is 4.79 Å². The lowest BCUT2D eigenvalue weighted by Crippen LogP contribution is -2.57. The van der Waals surface area contributed by atoms with Crippen molar-refractivity contribution >= 4 is 39.5 Å². The van der Waals surface area contributed by atoms with Crippen molar-refractivity contribution in [2.24, 2.45) is 17.0 Å². The van der Waals surface area contributed by atoms with Gasteiger partial charge in [-0.05, 0) is 48.4 Å². The molecule has 2 heterocycles. The summed E-state index contributed by atoms with van der Waals surface area (Å²) in [7, 11) is -4.05. The average molecular weight is 713 g/mol. The molecule has 3 aromatic rings. The topological polar surface area (TPSA) is 156 Å². The lowest BCUT2D eigenvalue weighted by molar-refractivity contribution is -0.128. The van der Waals surface area contributed by atoms with E-state index in [4.69, 9.17) is 5.21 Å². The van der Waals surface area contributed by atoms with Crippen LogP contribution in [0.3, 0.4) is 0 Å². The monoisotopic (exact) mass is 712 g/mol. The van der Waals surface area contributed by atoms with Crippen LogP contribution in [0.15, 0.2) is 70.0 Å². The fourth-order valence-electron chi connectivity index (χ4n) is 5.99. The van der Waals surface area contributed by atoms with Gasteiger partial charge in [-0.25, -0.2) is 18.2 Å². The first-order valence-electron chi connectivity index (χ1n) is 16.6. The van der Waals surface area contributed by atoms with Gasteiger partial charge in [0.25, 0.3) is 0 Å². The summed E-state index contributed by atoms with van der Waals surface area (Å²) in [5, 5.41) is 29.5. The maximum atomic E-state index is 14.2. The van der Waals surface area contributed by atoms with Crippen LogP contribution in [0.5, 0.6) is 0 Å². The number of amides is 3. The van der Waals surface area contributed by atoms with Crippen molar-refractivity contribution in [3.63, 3.8) is 0 Å². The van der Waals surface area contributed by atoms with E-state index in [1.165, 1.54) is 46.1 Å². The largest absolute Gasteiger partial charge is 0.411 e. The van der Waals surface area contributed by atoms with Crippen LogP contribution in [0.25, 0.3) is 0 Å². The molecule has 3 amide bonds. The zero-order chi connectivity index (χ0) is 35.7. The molecule has 14 heteroatoms. The summed E-state index contributed by atoms with van der Waals surface area (Å²) >= 11 is 1.52. The molecule has 0 unspecified atom stereocenters. The first kappa shape index (κ1) is 38.0. The van der Waals surface area contributed by atoms with Crippen LogP contribution < -0.4 is 5.32 Å². The summed E-state index contributed by atoms with van der Waals surface area (Å²) in [5.74, 6) is -0.637. The molecule has 1 aromatic heterocycles. The first-order valence-corrected chi connectivity index (χ1v) is 18.9. The molecule has 1 saturated heterocycles. The molecule has 49 heavy (non-hydrogen) atoms. The summed E-state index contributed by atoms with van der Waals surface area (Å²) in [6, 6.07) is 13.4. The number of nitrogens with one attached hydrogen (secondary N) is 1. The van der Waals surface area contributed by atoms with Crippen molar-refractivity contribution in [1.82, 2.24) is 24.4 Å². The van der Waals surface area contributed by atoms with Crippen molar-refractivity contribution < 1.29 is 28.3 Å². The van der Waals surface area contributed by atoms with Gasteiger partial charge in [0, 0.05) is 31.6 Å². The van der Waals surface area contributed by atoms with E-state index in [0.717, 1.165) is 16.3 Å². The van der Waals surface area contributed by atoms with Gasteiger partial charge in [-0.15, -0.1) is 11.3 Å². The number of carbonyl (C=O) groups excluding carboxylic acids is 2. The number of hydrogen-bond acceptors (Lipinski definition) is 9. The Kier molecular flexibility index (Phi) is 13.3. The zero-order valence-corrected chi connectivity index (χ0v) is 30.4. The Labute approximate surface area is 293 Å². The van der Waals surface area contributed by atoms with Gasteiger partial charge in [-0.2, -0.15) is 4.31 Å². The Morgan fingerprint density at radius 3 is 2.39 bits per heavy atom. The lowest BCUT2D eigenvalue weighted by Gasteiger charge is -2.35. The second kappa shape index (κ2) is 17.2. The number of benzene rings is 2. The molecule has 1 fully saturated rings. The molecule has 0 spiro atoms. The van der Waals surface area contributed by atoms with Gasteiger partial charge in [0.15, 0.2) is 0 Å². The SMILES string of the molecule is CC[C@H](C)[C@@H](C(=O)N[C@@H](Cc1ccccc1)[C@H](O)CN(CC(C)C)S(=O)(=O)c1ccc(/C=N/O)cc1)N1CCN(Cc2csc(C)n2)C1=O. The molecular weight excluding hydrogens is 665 g/mol. The predicted octanol–water partition coefficient (Wildman–Crippen LogP) is 4.35. The van der Waals surface area contributed by atoms with Crippen LogP contribution in [0.2, 0.25) is 0 Å². The number of hydrogen-bond donors (Lipinski definition) is 3. The van der Waals surface area contributed by atoms with Gasteiger partial charge in [0.1, 0.15) is 6.04 Å². The van der Waals surface area contributed by atoms with Crippen LogP contribution in [0.1, 0.15) is 55.9 Å². The minimum Gasteiger partial charge on any atom is -0.411 e. The van der Waals surface area contributed by atoms with Gasteiger partial charge in [0.05, 0.1) is 40.5 Å². The van der Waals surface area contributed by atoms with Gasteiger partial charge in [-0.1, -0.05) is 81.7 Å². The molecule has 0 saturated carbocycles. The third kappa shape index (κ3) is 9.87. The Morgan fingerprint density at radius 1 is 1.10 bits per heavy atom. The molecule has 4 rings (SSSR count). The average Bonchev–Trinajstić information content (AvgIpc) is 3.65. The van der Waals surface area contributed by atoms with Crippen LogP contribution in [-0.4, -0.2) is 100 Å². The predicted molar refractivity (Wildman–Crippen MR) is 190 cm³/mol. The van der Waals surface area contributed by atoms with E-state index in [1.807, 2.05) is 70.3 Å². The van der Waals surface area contributed by atoms with E-state index in [9.17, 15) is 23.1 Å². The molecule has 0 bridgehead atoms. The van der Waals surface area contributed by atoms with E-state index in [1.54, 1.807) is 9.80 Å². The number of sulfonamides is 1. The van der Waals surface area contributed by atoms with E-state index < -0.39 is 34.1 Å². The second-order valence-corrected chi connectivity index (χ2v) is 16.0. The summed E-state index contributed by atoms with van der Waals surface area (Å²) in [6.07, 6.45) is 0.803. The third-order valence-electron chi connectivity index (χ3n) is 8.71. The Bertz CT molecular complexity index is 1660. The molecule has 12 nitrogen and oxygen atoms in total. The molecule has 0 aliphatic carbocycles. The number of aliphatic hydroxyl groups excluding tert-OH is 1. The Hall–Kier alpha value is -3.85. The number of carbonyl (C=O) groups is 2. The summed E-state index contributed by atoms with van der Waals surface area (Å²) in [5.41, 5.74) is 2.19. The maximum Gasteiger partial charge on any atom is 0.321 e. The molecule has 1 aliphatic heterocycles. The van der Waals surface area contributed by atoms with Gasteiger partial charge in [-0.3, -0.25) is 4.79 Å². The third-order valence-corrected chi connectivity index (χ3v) is 11.4. The van der Waals surface area contributed by atoms with Crippen molar-refractivity contribution in [2.75, 3.05) is 26.2 Å². The molecule has 0 radical (unpaired) electrons. The smallest absolute Gasteiger partial charge is 0.321 e. The highest BCUT2D eigenvalue weighted by Crippen LogP contribution is 2.24. The van der Waals surface area contributed by atoms with E-state index in [0.29, 0.717) is 31.6 Å². The highest BCUT2D eigenvalue weighted by Gasteiger charge is 2.41. The van der Waals surface area contributed by atoms with E-state index in [2.05, 4.69) is 15.5 Å². The lowest BCUT2D eigenvalue weighted by atomic mass is 9.95. The van der Waals surface area contributed by atoms with E-state index >= 15 is 0 Å². The van der Waals surface area contributed by atoms with Crippen LogP contribution >= 0.6 is 11.3 Å². The number of rotatable bonds is 17. The standard InChI is InChI=1S/C35H48N6O6S2/c1-6-25(4)33(41-17-16-39(35(41)44)21-29-23-48-26(5)37-29)34(43)38-31(18-27-10-8-7-9-11-27)32(42)22-40(20-24(2)3)49(46,47)30-14-12-28(13-15-30)19-36-45/h7-15,19,23-25,31-33,42,45H,6,16-18,20-22H2,1-5H3,(H,38,43)/b36-19+/t25-,31-,32+,33-/m0/s1. The number of aromatic nitrogens is 1. The van der Waals surface area contributed by atoms with Crippen molar-refractivity contribution in [2.45, 2.75) is 77.1 Å². The summed E-state index contributed by atoms with van der Waals surface area (Å²) < 4.78 is 29.0. The number of aryl methyl sites for hydroxylation is 1. The van der Waals surface area contributed by atoms with Gasteiger partial charge >= 0.3 is 6.03 Å². The number of thiazole rings is 1. The molecule has 4 atom stereocenters. The number of nitrogens with zero attached hydrogens (tertiary/aromatic N) is 5. The number of oxime groups is 1. The molecule has 2 aromatic carbocycles. The fraction of sp³-hybridized carbons (Fsp3) is 0.486. The Balaban J connectivity index is 1.59. The highest BCUT2D eigenvalue weighted by molar-refractivity contribution is 7.89. The minimum atomic E-state index is -4.05.